The molecule has 0 aliphatic carbocycles. The van der Waals surface area contributed by atoms with Crippen LogP contribution in [-0.4, -0.2) is 24.1 Å². The highest BCUT2D eigenvalue weighted by Gasteiger charge is 2.07. The Bertz CT molecular complexity index is 558. The molecule has 5 heteroatoms. The Morgan fingerprint density at radius 2 is 2.00 bits per heavy atom. The highest BCUT2D eigenvalue weighted by molar-refractivity contribution is 6.30. The second kappa shape index (κ2) is 5.23. The predicted octanol–water partition coefficient (Wildman–Crippen LogP) is 3.30. The first kappa shape index (κ1) is 12.6. The Balaban J connectivity index is 2.28. The van der Waals surface area contributed by atoms with Gasteiger partial charge in [-0.25, -0.2) is 9.97 Å². The van der Waals surface area contributed by atoms with Crippen LogP contribution in [0.5, 0.6) is 11.6 Å². The molecular formula is C13H14ClN3O. The quantitative estimate of drug-likeness (QED) is 0.797. The molecule has 0 saturated carbocycles. The first-order valence-corrected chi connectivity index (χ1v) is 5.88. The van der Waals surface area contributed by atoms with Crippen LogP contribution in [0, 0.1) is 6.92 Å². The average Bonchev–Trinajstić information content (AvgIpc) is 2.35. The normalized spacial score (nSPS) is 10.2. The number of rotatable bonds is 3. The second-order valence-corrected chi connectivity index (χ2v) is 4.45. The summed E-state index contributed by atoms with van der Waals surface area (Å²) in [6.07, 6.45) is 1.39. The number of hydrogen-bond acceptors (Lipinski definition) is 4. The number of nitrogens with zero attached hydrogens (tertiary/aromatic N) is 3. The van der Waals surface area contributed by atoms with Gasteiger partial charge >= 0.3 is 0 Å². The molecule has 0 atom stereocenters. The van der Waals surface area contributed by atoms with Gasteiger partial charge in [0, 0.05) is 31.4 Å². The lowest BCUT2D eigenvalue weighted by Gasteiger charge is -2.14. The van der Waals surface area contributed by atoms with Crippen molar-refractivity contribution in [3.8, 4) is 11.6 Å². The van der Waals surface area contributed by atoms with E-state index in [1.165, 1.54) is 6.33 Å². The molecule has 1 heterocycles. The van der Waals surface area contributed by atoms with E-state index in [1.807, 2.05) is 50.2 Å². The molecule has 0 saturated heterocycles. The summed E-state index contributed by atoms with van der Waals surface area (Å²) in [7, 11) is 3.96. The monoisotopic (exact) mass is 263 g/mol. The summed E-state index contributed by atoms with van der Waals surface area (Å²) in [6.45, 7) is 1.83. The Hall–Kier alpha value is -1.81. The molecule has 0 bridgehead atoms. The third-order valence-corrected chi connectivity index (χ3v) is 2.91. The minimum absolute atomic E-state index is 0.406. The van der Waals surface area contributed by atoms with Crippen LogP contribution in [0.2, 0.25) is 5.15 Å². The fraction of sp³-hybridized carbons (Fsp3) is 0.231. The molecule has 0 aliphatic heterocycles. The zero-order chi connectivity index (χ0) is 13.1. The minimum Gasteiger partial charge on any atom is -0.439 e. The molecule has 0 N–H and O–H groups in total. The third-order valence-electron chi connectivity index (χ3n) is 2.52. The first-order chi connectivity index (χ1) is 8.58. The second-order valence-electron chi connectivity index (χ2n) is 4.09. The molecule has 0 fully saturated rings. The number of halogens is 1. The largest absolute Gasteiger partial charge is 0.439 e. The lowest BCUT2D eigenvalue weighted by Crippen LogP contribution is -2.08. The molecule has 0 spiro atoms. The summed E-state index contributed by atoms with van der Waals surface area (Å²) in [6, 6.07) is 7.76. The average molecular weight is 264 g/mol. The van der Waals surface area contributed by atoms with Crippen molar-refractivity contribution in [2.45, 2.75) is 6.92 Å². The van der Waals surface area contributed by atoms with Crippen molar-refractivity contribution in [1.82, 2.24) is 9.97 Å². The summed E-state index contributed by atoms with van der Waals surface area (Å²) in [4.78, 5) is 9.98. The molecule has 0 aliphatic rings. The fourth-order valence-corrected chi connectivity index (χ4v) is 1.58. The van der Waals surface area contributed by atoms with Crippen LogP contribution in [0.4, 0.5) is 5.69 Å². The van der Waals surface area contributed by atoms with Gasteiger partial charge in [-0.3, -0.25) is 0 Å². The Morgan fingerprint density at radius 3 is 2.72 bits per heavy atom. The van der Waals surface area contributed by atoms with Crippen molar-refractivity contribution < 1.29 is 4.74 Å². The molecular weight excluding hydrogens is 250 g/mol. The molecule has 0 amide bonds. The standard InChI is InChI=1S/C13H14ClN3O/c1-9-12(14)15-8-16-13(9)18-11-6-4-5-10(7-11)17(2)3/h4-8H,1-3H3. The number of anilines is 1. The van der Waals surface area contributed by atoms with E-state index in [0.29, 0.717) is 11.0 Å². The maximum absolute atomic E-state index is 5.92. The topological polar surface area (TPSA) is 38.3 Å². The summed E-state index contributed by atoms with van der Waals surface area (Å²) in [5.41, 5.74) is 1.79. The van der Waals surface area contributed by atoms with Gasteiger partial charge in [-0.1, -0.05) is 17.7 Å². The van der Waals surface area contributed by atoms with Gasteiger partial charge in [0.25, 0.3) is 0 Å². The molecule has 1 aromatic heterocycles. The van der Waals surface area contributed by atoms with E-state index >= 15 is 0 Å². The summed E-state index contributed by atoms with van der Waals surface area (Å²) in [5.74, 6) is 1.20. The minimum atomic E-state index is 0.406. The lowest BCUT2D eigenvalue weighted by molar-refractivity contribution is 0.457. The Morgan fingerprint density at radius 1 is 1.22 bits per heavy atom. The zero-order valence-electron chi connectivity index (χ0n) is 10.5. The van der Waals surface area contributed by atoms with Gasteiger partial charge < -0.3 is 9.64 Å². The van der Waals surface area contributed by atoms with Crippen LogP contribution in [0.25, 0.3) is 0 Å². The van der Waals surface area contributed by atoms with Crippen molar-refractivity contribution in [3.63, 3.8) is 0 Å². The van der Waals surface area contributed by atoms with E-state index < -0.39 is 0 Å². The van der Waals surface area contributed by atoms with E-state index in [-0.39, 0.29) is 0 Å². The van der Waals surface area contributed by atoms with Crippen LogP contribution in [0.3, 0.4) is 0 Å². The maximum atomic E-state index is 5.92. The van der Waals surface area contributed by atoms with Crippen LogP contribution >= 0.6 is 11.6 Å². The molecule has 0 radical (unpaired) electrons. The van der Waals surface area contributed by atoms with E-state index in [9.17, 15) is 0 Å². The predicted molar refractivity (Wildman–Crippen MR) is 72.6 cm³/mol. The van der Waals surface area contributed by atoms with Gasteiger partial charge in [0.05, 0.1) is 0 Å². The van der Waals surface area contributed by atoms with Crippen molar-refractivity contribution in [2.24, 2.45) is 0 Å². The SMILES string of the molecule is Cc1c(Cl)ncnc1Oc1cccc(N(C)C)c1. The Kier molecular flexibility index (Phi) is 3.67. The lowest BCUT2D eigenvalue weighted by atomic mass is 10.3. The summed E-state index contributed by atoms with van der Waals surface area (Å²) >= 11 is 5.92. The zero-order valence-corrected chi connectivity index (χ0v) is 11.3. The fourth-order valence-electron chi connectivity index (χ4n) is 1.45. The number of ether oxygens (including phenoxy) is 1. The van der Waals surface area contributed by atoms with E-state index in [0.717, 1.165) is 17.0 Å². The van der Waals surface area contributed by atoms with Gasteiger partial charge in [0.2, 0.25) is 5.88 Å². The van der Waals surface area contributed by atoms with E-state index in [2.05, 4.69) is 9.97 Å². The highest BCUT2D eigenvalue weighted by atomic mass is 35.5. The number of hydrogen-bond donors (Lipinski definition) is 0. The molecule has 2 aromatic rings. The van der Waals surface area contributed by atoms with Gasteiger partial charge in [0.1, 0.15) is 17.2 Å². The van der Waals surface area contributed by atoms with Gasteiger partial charge in [-0.05, 0) is 19.1 Å². The number of benzene rings is 1. The van der Waals surface area contributed by atoms with Gasteiger partial charge in [0.15, 0.2) is 0 Å². The van der Waals surface area contributed by atoms with E-state index in [1.54, 1.807) is 0 Å². The van der Waals surface area contributed by atoms with Crippen molar-refractivity contribution in [2.75, 3.05) is 19.0 Å². The van der Waals surface area contributed by atoms with Gasteiger partial charge in [-0.15, -0.1) is 0 Å². The molecule has 2 rings (SSSR count). The maximum Gasteiger partial charge on any atom is 0.226 e. The first-order valence-electron chi connectivity index (χ1n) is 5.50. The van der Waals surface area contributed by atoms with Crippen molar-refractivity contribution in [1.29, 1.82) is 0 Å². The molecule has 18 heavy (non-hydrogen) atoms. The highest BCUT2D eigenvalue weighted by Crippen LogP contribution is 2.27. The molecule has 4 nitrogen and oxygen atoms in total. The van der Waals surface area contributed by atoms with Crippen LogP contribution in [0.1, 0.15) is 5.56 Å². The molecule has 94 valence electrons. The van der Waals surface area contributed by atoms with Gasteiger partial charge in [-0.2, -0.15) is 0 Å². The third kappa shape index (κ3) is 2.71. The van der Waals surface area contributed by atoms with E-state index in [4.69, 9.17) is 16.3 Å². The van der Waals surface area contributed by atoms with Crippen molar-refractivity contribution in [3.05, 3.63) is 41.3 Å². The van der Waals surface area contributed by atoms with Crippen molar-refractivity contribution >= 4 is 17.3 Å². The number of aromatic nitrogens is 2. The van der Waals surface area contributed by atoms with Crippen LogP contribution in [-0.2, 0) is 0 Å². The molecule has 1 aromatic carbocycles. The van der Waals surface area contributed by atoms with Crippen LogP contribution in [0.15, 0.2) is 30.6 Å². The molecule has 0 unspecified atom stereocenters. The summed E-state index contributed by atoms with van der Waals surface area (Å²) < 4.78 is 5.72. The summed E-state index contributed by atoms with van der Waals surface area (Å²) in [5, 5.41) is 0.406. The smallest absolute Gasteiger partial charge is 0.226 e. The van der Waals surface area contributed by atoms with Crippen LogP contribution < -0.4 is 9.64 Å². The Labute approximate surface area is 111 Å².